The molecule has 3 fully saturated rings. The molecule has 3 aliphatic carbocycles. The summed E-state index contributed by atoms with van der Waals surface area (Å²) >= 11 is 0. The third kappa shape index (κ3) is 3.47. The van der Waals surface area contributed by atoms with Gasteiger partial charge in [-0.05, 0) is 49.5 Å². The normalized spacial score (nSPS) is 29.2. The van der Waals surface area contributed by atoms with Crippen LogP contribution in [0.1, 0.15) is 44.1 Å². The number of nitrogens with one attached hydrogen (secondary N) is 2. The van der Waals surface area contributed by atoms with Crippen molar-refractivity contribution in [2.45, 2.75) is 57.0 Å². The standard InChI is InChI=1S/C20H26N2O2/c23-19(17-11-14-6-7-15(17)10-14)22-18(20(24)21-16-8-9-16)12-13-4-2-1-3-5-13/h1-5,14-18H,6-12H2,(H,21,24)(H,22,23)/t14-,15-,17+,18+/m0/s1. The van der Waals surface area contributed by atoms with E-state index >= 15 is 0 Å². The maximum absolute atomic E-state index is 12.8. The predicted molar refractivity (Wildman–Crippen MR) is 92.2 cm³/mol. The fourth-order valence-corrected chi connectivity index (χ4v) is 4.43. The van der Waals surface area contributed by atoms with Crippen LogP contribution in [-0.2, 0) is 16.0 Å². The summed E-state index contributed by atoms with van der Waals surface area (Å²) in [7, 11) is 0. The zero-order valence-electron chi connectivity index (χ0n) is 14.0. The Morgan fingerprint density at radius 3 is 2.46 bits per heavy atom. The maximum atomic E-state index is 12.8. The molecule has 128 valence electrons. The van der Waals surface area contributed by atoms with Gasteiger partial charge in [-0.25, -0.2) is 0 Å². The zero-order valence-corrected chi connectivity index (χ0v) is 14.0. The lowest BCUT2D eigenvalue weighted by molar-refractivity contribution is -0.132. The molecule has 1 aromatic rings. The highest BCUT2D eigenvalue weighted by Crippen LogP contribution is 2.48. The molecule has 0 spiro atoms. The molecule has 1 aromatic carbocycles. The summed E-state index contributed by atoms with van der Waals surface area (Å²) in [6, 6.07) is 9.81. The van der Waals surface area contributed by atoms with E-state index in [1.165, 1.54) is 19.3 Å². The third-order valence-corrected chi connectivity index (χ3v) is 5.91. The number of benzene rings is 1. The first-order valence-electron chi connectivity index (χ1n) is 9.33. The van der Waals surface area contributed by atoms with E-state index < -0.39 is 6.04 Å². The Bertz CT molecular complexity index is 611. The van der Waals surface area contributed by atoms with Crippen molar-refractivity contribution >= 4 is 11.8 Å². The molecule has 2 bridgehead atoms. The molecule has 4 heteroatoms. The number of amides is 2. The fourth-order valence-electron chi connectivity index (χ4n) is 4.43. The molecule has 4 atom stereocenters. The monoisotopic (exact) mass is 326 g/mol. The largest absolute Gasteiger partial charge is 0.352 e. The van der Waals surface area contributed by atoms with E-state index in [2.05, 4.69) is 10.6 Å². The molecule has 24 heavy (non-hydrogen) atoms. The Labute approximate surface area is 143 Å². The second kappa shape index (κ2) is 6.58. The van der Waals surface area contributed by atoms with Gasteiger partial charge in [-0.15, -0.1) is 0 Å². The first-order chi connectivity index (χ1) is 11.7. The quantitative estimate of drug-likeness (QED) is 0.843. The van der Waals surface area contributed by atoms with Crippen LogP contribution in [0.4, 0.5) is 0 Å². The van der Waals surface area contributed by atoms with Crippen LogP contribution < -0.4 is 10.6 Å². The first kappa shape index (κ1) is 15.7. The molecule has 3 aliphatic rings. The average molecular weight is 326 g/mol. The average Bonchev–Trinajstić information content (AvgIpc) is 3.15. The Kier molecular flexibility index (Phi) is 4.30. The second-order valence-electron chi connectivity index (χ2n) is 7.82. The van der Waals surface area contributed by atoms with Gasteiger partial charge in [-0.3, -0.25) is 9.59 Å². The maximum Gasteiger partial charge on any atom is 0.243 e. The molecular weight excluding hydrogens is 300 g/mol. The lowest BCUT2D eigenvalue weighted by Crippen LogP contribution is -2.50. The minimum atomic E-state index is -0.459. The van der Waals surface area contributed by atoms with Crippen molar-refractivity contribution in [1.29, 1.82) is 0 Å². The molecule has 0 radical (unpaired) electrons. The second-order valence-corrected chi connectivity index (χ2v) is 7.82. The van der Waals surface area contributed by atoms with Gasteiger partial charge >= 0.3 is 0 Å². The van der Waals surface area contributed by atoms with E-state index in [1.54, 1.807) is 0 Å². The highest BCUT2D eigenvalue weighted by atomic mass is 16.2. The highest BCUT2D eigenvalue weighted by Gasteiger charge is 2.43. The van der Waals surface area contributed by atoms with E-state index in [-0.39, 0.29) is 17.7 Å². The van der Waals surface area contributed by atoms with Gasteiger partial charge in [0.1, 0.15) is 6.04 Å². The molecule has 4 nitrogen and oxygen atoms in total. The molecule has 0 unspecified atom stereocenters. The van der Waals surface area contributed by atoms with Crippen LogP contribution in [0, 0.1) is 17.8 Å². The third-order valence-electron chi connectivity index (χ3n) is 5.91. The Hall–Kier alpha value is -1.84. The number of rotatable bonds is 6. The highest BCUT2D eigenvalue weighted by molar-refractivity contribution is 5.89. The van der Waals surface area contributed by atoms with Crippen molar-refractivity contribution in [3.05, 3.63) is 35.9 Å². The van der Waals surface area contributed by atoms with E-state index in [9.17, 15) is 9.59 Å². The number of hydrogen-bond acceptors (Lipinski definition) is 2. The van der Waals surface area contributed by atoms with Crippen LogP contribution in [0.3, 0.4) is 0 Å². The van der Waals surface area contributed by atoms with Gasteiger partial charge in [0.25, 0.3) is 0 Å². The summed E-state index contributed by atoms with van der Waals surface area (Å²) in [5.41, 5.74) is 1.08. The number of carbonyl (C=O) groups excluding carboxylic acids is 2. The smallest absolute Gasteiger partial charge is 0.243 e. The fraction of sp³-hybridized carbons (Fsp3) is 0.600. The van der Waals surface area contributed by atoms with Gasteiger partial charge in [0.2, 0.25) is 11.8 Å². The molecule has 0 aliphatic heterocycles. The number of fused-ring (bicyclic) bond motifs is 2. The van der Waals surface area contributed by atoms with Crippen LogP contribution in [0.25, 0.3) is 0 Å². The van der Waals surface area contributed by atoms with Crippen LogP contribution in [0.5, 0.6) is 0 Å². The summed E-state index contributed by atoms with van der Waals surface area (Å²) in [6.07, 6.45) is 7.36. The molecule has 2 N–H and O–H groups in total. The lowest BCUT2D eigenvalue weighted by atomic mass is 9.88. The van der Waals surface area contributed by atoms with Crippen molar-refractivity contribution in [3.63, 3.8) is 0 Å². The van der Waals surface area contributed by atoms with E-state index in [0.29, 0.717) is 18.4 Å². The van der Waals surface area contributed by atoms with Crippen LogP contribution >= 0.6 is 0 Å². The van der Waals surface area contributed by atoms with Crippen molar-refractivity contribution in [2.75, 3.05) is 0 Å². The zero-order chi connectivity index (χ0) is 16.5. The predicted octanol–water partition coefficient (Wildman–Crippen LogP) is 2.43. The first-order valence-corrected chi connectivity index (χ1v) is 9.33. The Morgan fingerprint density at radius 1 is 1.04 bits per heavy atom. The van der Waals surface area contributed by atoms with Crippen molar-refractivity contribution in [3.8, 4) is 0 Å². The summed E-state index contributed by atoms with van der Waals surface area (Å²) in [6.45, 7) is 0. The molecule has 4 rings (SSSR count). The minimum absolute atomic E-state index is 0.0298. The summed E-state index contributed by atoms with van der Waals surface area (Å²) in [5.74, 6) is 1.46. The van der Waals surface area contributed by atoms with Crippen LogP contribution in [0.15, 0.2) is 30.3 Å². The number of carbonyl (C=O) groups is 2. The van der Waals surface area contributed by atoms with E-state index in [4.69, 9.17) is 0 Å². The van der Waals surface area contributed by atoms with Gasteiger partial charge in [0, 0.05) is 18.4 Å². The van der Waals surface area contributed by atoms with Crippen LogP contribution in [-0.4, -0.2) is 23.9 Å². The molecular formula is C20H26N2O2. The van der Waals surface area contributed by atoms with Gasteiger partial charge in [-0.1, -0.05) is 36.8 Å². The lowest BCUT2D eigenvalue weighted by Gasteiger charge is -2.25. The Morgan fingerprint density at radius 2 is 1.83 bits per heavy atom. The van der Waals surface area contributed by atoms with Crippen molar-refractivity contribution in [1.82, 2.24) is 10.6 Å². The van der Waals surface area contributed by atoms with E-state index in [0.717, 1.165) is 30.7 Å². The van der Waals surface area contributed by atoms with Gasteiger partial charge in [0.15, 0.2) is 0 Å². The molecule has 3 saturated carbocycles. The summed E-state index contributed by atoms with van der Waals surface area (Å²) in [4.78, 5) is 25.3. The minimum Gasteiger partial charge on any atom is -0.352 e. The molecule has 2 amide bonds. The topological polar surface area (TPSA) is 58.2 Å². The van der Waals surface area contributed by atoms with Gasteiger partial charge in [0.05, 0.1) is 0 Å². The number of hydrogen-bond donors (Lipinski definition) is 2. The van der Waals surface area contributed by atoms with Crippen molar-refractivity contribution < 1.29 is 9.59 Å². The van der Waals surface area contributed by atoms with Gasteiger partial charge in [-0.2, -0.15) is 0 Å². The van der Waals surface area contributed by atoms with Crippen molar-refractivity contribution in [2.24, 2.45) is 17.8 Å². The SMILES string of the molecule is O=C(NC1CC1)[C@@H](Cc1ccccc1)NC(=O)[C@@H]1C[C@H]2CC[C@H]1C2. The molecule has 0 heterocycles. The Balaban J connectivity index is 1.42. The van der Waals surface area contributed by atoms with Crippen LogP contribution in [0.2, 0.25) is 0 Å². The van der Waals surface area contributed by atoms with Gasteiger partial charge < -0.3 is 10.6 Å². The molecule has 0 saturated heterocycles. The van der Waals surface area contributed by atoms with E-state index in [1.807, 2.05) is 30.3 Å². The summed E-state index contributed by atoms with van der Waals surface area (Å²) < 4.78 is 0. The molecule has 0 aromatic heterocycles. The summed E-state index contributed by atoms with van der Waals surface area (Å²) in [5, 5.41) is 6.12.